The molecule has 0 aliphatic heterocycles. The van der Waals surface area contributed by atoms with Crippen LogP contribution in [0.4, 0.5) is 19.3 Å². The van der Waals surface area contributed by atoms with E-state index in [1.54, 1.807) is 42.5 Å². The topological polar surface area (TPSA) is 58.2 Å². The van der Waals surface area contributed by atoms with E-state index in [9.17, 15) is 18.4 Å². The van der Waals surface area contributed by atoms with Crippen LogP contribution in [0.25, 0.3) is 12.2 Å². The fourth-order valence-electron chi connectivity index (χ4n) is 2.60. The number of benzene rings is 3. The van der Waals surface area contributed by atoms with E-state index in [2.05, 4.69) is 5.32 Å². The number of nitrogens with one attached hydrogen (secondary N) is 2. The number of amides is 3. The summed E-state index contributed by atoms with van der Waals surface area (Å²) in [6, 6.07) is 11.7. The number of carbonyl (C=O) groups excluding carboxylic acids is 2. The Hall–Kier alpha value is -2.93. The van der Waals surface area contributed by atoms with Crippen LogP contribution in [0.5, 0.6) is 0 Å². The Kier molecular flexibility index (Phi) is 7.28. The quantitative estimate of drug-likeness (QED) is 0.392. The molecule has 9 heteroatoms. The van der Waals surface area contributed by atoms with E-state index in [0.717, 1.165) is 23.8 Å². The largest absolute Gasteiger partial charge is 0.326 e. The number of anilines is 1. The smallest absolute Gasteiger partial charge is 0.308 e. The van der Waals surface area contributed by atoms with Crippen molar-refractivity contribution in [3.05, 3.63) is 98.0 Å². The zero-order valence-electron chi connectivity index (χ0n) is 15.6. The van der Waals surface area contributed by atoms with E-state index in [1.165, 1.54) is 6.07 Å². The van der Waals surface area contributed by atoms with Gasteiger partial charge >= 0.3 is 6.03 Å². The highest BCUT2D eigenvalue weighted by molar-refractivity contribution is 6.35. The highest BCUT2D eigenvalue weighted by atomic mass is 35.5. The van der Waals surface area contributed by atoms with Crippen molar-refractivity contribution < 1.29 is 18.4 Å². The van der Waals surface area contributed by atoms with Gasteiger partial charge in [0.2, 0.25) is 0 Å². The lowest BCUT2D eigenvalue weighted by Crippen LogP contribution is -2.35. The van der Waals surface area contributed by atoms with E-state index >= 15 is 0 Å². The minimum absolute atomic E-state index is 0.269. The third-order valence-corrected chi connectivity index (χ3v) is 4.97. The van der Waals surface area contributed by atoms with Crippen molar-refractivity contribution in [3.8, 4) is 0 Å². The van der Waals surface area contributed by atoms with Gasteiger partial charge in [0.1, 0.15) is 17.2 Å². The average Bonchev–Trinajstić information content (AvgIpc) is 2.68. The van der Waals surface area contributed by atoms with Crippen LogP contribution in [-0.2, 0) is 0 Å². The van der Waals surface area contributed by atoms with Gasteiger partial charge in [0.25, 0.3) is 5.91 Å². The summed E-state index contributed by atoms with van der Waals surface area (Å²) in [6.45, 7) is 0. The molecule has 4 nitrogen and oxygen atoms in total. The fraction of sp³-hybridized carbons (Fsp3) is 0. The SMILES string of the molecule is O=C(NC(=O)c1c(F)cccc1F)Nc1ccc(/C=C/c2ccc(Cl)cc2Cl)c(Cl)c1. The Labute approximate surface area is 191 Å². The van der Waals surface area contributed by atoms with Gasteiger partial charge in [-0.05, 0) is 47.5 Å². The molecule has 3 aromatic carbocycles. The molecule has 0 bridgehead atoms. The molecule has 0 heterocycles. The van der Waals surface area contributed by atoms with E-state index in [-0.39, 0.29) is 5.69 Å². The van der Waals surface area contributed by atoms with Gasteiger partial charge in [-0.3, -0.25) is 10.1 Å². The Balaban J connectivity index is 1.68. The van der Waals surface area contributed by atoms with Crippen LogP contribution < -0.4 is 10.6 Å². The number of carbonyl (C=O) groups is 2. The van der Waals surface area contributed by atoms with Crippen molar-refractivity contribution in [2.24, 2.45) is 0 Å². The molecule has 0 aromatic heterocycles. The molecule has 0 radical (unpaired) electrons. The lowest BCUT2D eigenvalue weighted by Gasteiger charge is -2.09. The van der Waals surface area contributed by atoms with Gasteiger partial charge in [-0.25, -0.2) is 13.6 Å². The Morgan fingerprint density at radius 1 is 0.806 bits per heavy atom. The van der Waals surface area contributed by atoms with Gasteiger partial charge in [0, 0.05) is 20.8 Å². The van der Waals surface area contributed by atoms with E-state index in [0.29, 0.717) is 20.6 Å². The summed E-state index contributed by atoms with van der Waals surface area (Å²) in [7, 11) is 0. The summed E-state index contributed by atoms with van der Waals surface area (Å²) >= 11 is 18.2. The van der Waals surface area contributed by atoms with E-state index in [4.69, 9.17) is 34.8 Å². The molecule has 0 atom stereocenters. The van der Waals surface area contributed by atoms with Gasteiger partial charge in [-0.2, -0.15) is 0 Å². The molecule has 0 unspecified atom stereocenters. The van der Waals surface area contributed by atoms with E-state index in [1.807, 2.05) is 5.32 Å². The predicted molar refractivity (Wildman–Crippen MR) is 120 cm³/mol. The molecule has 3 rings (SSSR count). The average molecular weight is 482 g/mol. The van der Waals surface area contributed by atoms with Crippen LogP contribution in [0.15, 0.2) is 54.6 Å². The highest BCUT2D eigenvalue weighted by Crippen LogP contribution is 2.26. The zero-order chi connectivity index (χ0) is 22.5. The number of hydrogen-bond acceptors (Lipinski definition) is 2. The molecule has 2 N–H and O–H groups in total. The normalized spacial score (nSPS) is 10.9. The minimum atomic E-state index is -1.21. The molecular weight excluding hydrogens is 469 g/mol. The number of halogens is 5. The van der Waals surface area contributed by atoms with Crippen LogP contribution in [0.2, 0.25) is 15.1 Å². The van der Waals surface area contributed by atoms with Crippen molar-refractivity contribution in [2.45, 2.75) is 0 Å². The fourth-order valence-corrected chi connectivity index (χ4v) is 3.31. The summed E-state index contributed by atoms with van der Waals surface area (Å²) in [5.74, 6) is -3.37. The molecule has 3 amide bonds. The molecule has 0 saturated carbocycles. The molecule has 3 aromatic rings. The van der Waals surface area contributed by atoms with Crippen LogP contribution in [0, 0.1) is 11.6 Å². The molecule has 158 valence electrons. The second-order valence-electron chi connectivity index (χ2n) is 6.24. The predicted octanol–water partition coefficient (Wildman–Crippen LogP) is 7.06. The third kappa shape index (κ3) is 5.82. The number of imide groups is 1. The van der Waals surface area contributed by atoms with Gasteiger partial charge in [0.05, 0.1) is 0 Å². The summed E-state index contributed by atoms with van der Waals surface area (Å²) in [5, 5.41) is 5.55. The Morgan fingerprint density at radius 3 is 1.97 bits per heavy atom. The second-order valence-corrected chi connectivity index (χ2v) is 7.49. The monoisotopic (exact) mass is 480 g/mol. The first kappa shape index (κ1) is 22.7. The van der Waals surface area contributed by atoms with Crippen molar-refractivity contribution in [1.82, 2.24) is 5.32 Å². The maximum atomic E-state index is 13.6. The summed E-state index contributed by atoms with van der Waals surface area (Å²) in [6.07, 6.45) is 3.48. The van der Waals surface area contributed by atoms with E-state index < -0.39 is 29.1 Å². The van der Waals surface area contributed by atoms with Gasteiger partial charge in [-0.1, -0.05) is 65.2 Å². The van der Waals surface area contributed by atoms with Crippen LogP contribution >= 0.6 is 34.8 Å². The zero-order valence-corrected chi connectivity index (χ0v) is 17.8. The summed E-state index contributed by atoms with van der Waals surface area (Å²) in [5.41, 5.74) is 0.800. The number of hydrogen-bond donors (Lipinski definition) is 2. The number of rotatable bonds is 4. The van der Waals surface area contributed by atoms with Gasteiger partial charge in [-0.15, -0.1) is 0 Å². The van der Waals surface area contributed by atoms with Crippen molar-refractivity contribution >= 4 is 64.6 Å². The second kappa shape index (κ2) is 9.92. The van der Waals surface area contributed by atoms with Crippen LogP contribution in [0.1, 0.15) is 21.5 Å². The highest BCUT2D eigenvalue weighted by Gasteiger charge is 2.19. The maximum absolute atomic E-state index is 13.6. The standard InChI is InChI=1S/C22H13Cl3F2N2O2/c23-14-8-6-12(16(24)10-14)4-5-13-7-9-15(11-17(13)25)28-22(31)29-21(30)20-18(26)2-1-3-19(20)27/h1-11H,(H2,28,29,30,31)/b5-4+. The first-order valence-electron chi connectivity index (χ1n) is 8.73. The molecule has 0 spiro atoms. The van der Waals surface area contributed by atoms with Crippen LogP contribution in [0.3, 0.4) is 0 Å². The van der Waals surface area contributed by atoms with Crippen molar-refractivity contribution in [3.63, 3.8) is 0 Å². The Morgan fingerprint density at radius 2 is 1.39 bits per heavy atom. The van der Waals surface area contributed by atoms with Crippen LogP contribution in [-0.4, -0.2) is 11.9 Å². The lowest BCUT2D eigenvalue weighted by molar-refractivity contribution is 0.0959. The van der Waals surface area contributed by atoms with Gasteiger partial charge < -0.3 is 5.32 Å². The molecule has 31 heavy (non-hydrogen) atoms. The Bertz CT molecular complexity index is 1180. The molecular formula is C22H13Cl3F2N2O2. The first-order chi connectivity index (χ1) is 14.7. The molecule has 0 aliphatic rings. The molecule has 0 fully saturated rings. The number of urea groups is 1. The summed E-state index contributed by atoms with van der Waals surface area (Å²) < 4.78 is 27.3. The van der Waals surface area contributed by atoms with Gasteiger partial charge in [0.15, 0.2) is 0 Å². The molecule has 0 saturated heterocycles. The summed E-state index contributed by atoms with van der Waals surface area (Å²) in [4.78, 5) is 24.0. The first-order valence-corrected chi connectivity index (χ1v) is 9.87. The maximum Gasteiger partial charge on any atom is 0.326 e. The minimum Gasteiger partial charge on any atom is -0.308 e. The lowest BCUT2D eigenvalue weighted by atomic mass is 10.1. The molecule has 0 aliphatic carbocycles. The van der Waals surface area contributed by atoms with Crippen molar-refractivity contribution in [1.29, 1.82) is 0 Å². The third-order valence-electron chi connectivity index (χ3n) is 4.08. The van der Waals surface area contributed by atoms with Crippen molar-refractivity contribution in [2.75, 3.05) is 5.32 Å².